The predicted octanol–water partition coefficient (Wildman–Crippen LogP) is 3.80. The van der Waals surface area contributed by atoms with Crippen LogP contribution in [0.3, 0.4) is 0 Å². The van der Waals surface area contributed by atoms with Gasteiger partial charge in [-0.1, -0.05) is 36.4 Å². The Balaban J connectivity index is 1.67. The summed E-state index contributed by atoms with van der Waals surface area (Å²) in [4.78, 5) is 16.5. The van der Waals surface area contributed by atoms with E-state index in [1.165, 1.54) is 11.1 Å². The summed E-state index contributed by atoms with van der Waals surface area (Å²) in [5.41, 5.74) is 4.25. The Labute approximate surface area is 136 Å². The molecule has 2 aliphatic rings. The number of cyclic esters (lactones) is 1. The Morgan fingerprint density at radius 3 is 2.87 bits per heavy atom. The molecule has 2 unspecified atom stereocenters. The lowest BCUT2D eigenvalue weighted by atomic mass is 9.75. The molecule has 0 bridgehead atoms. The normalized spacial score (nSPS) is 26.2. The van der Waals surface area contributed by atoms with Crippen molar-refractivity contribution >= 4 is 5.97 Å². The van der Waals surface area contributed by atoms with Crippen molar-refractivity contribution in [1.82, 2.24) is 4.98 Å². The van der Waals surface area contributed by atoms with Crippen molar-refractivity contribution in [2.45, 2.75) is 19.3 Å². The highest BCUT2D eigenvalue weighted by Gasteiger charge is 2.55. The van der Waals surface area contributed by atoms with E-state index in [4.69, 9.17) is 4.74 Å². The van der Waals surface area contributed by atoms with Crippen LogP contribution in [0.5, 0.6) is 0 Å². The Morgan fingerprint density at radius 2 is 2.04 bits per heavy atom. The number of nitrogens with zero attached hydrogens (tertiary/aromatic N) is 1. The monoisotopic (exact) mass is 305 g/mol. The maximum Gasteiger partial charge on any atom is 0.313 e. The fourth-order valence-corrected chi connectivity index (χ4v) is 4.03. The van der Waals surface area contributed by atoms with E-state index in [1.807, 2.05) is 12.1 Å². The Kier molecular flexibility index (Phi) is 3.29. The number of fused-ring (bicyclic) bond motifs is 1. The van der Waals surface area contributed by atoms with Crippen LogP contribution in [0.4, 0.5) is 0 Å². The molecule has 1 saturated carbocycles. The molecule has 3 heteroatoms. The summed E-state index contributed by atoms with van der Waals surface area (Å²) in [7, 11) is 0. The first-order valence-corrected chi connectivity index (χ1v) is 8.01. The first-order valence-electron chi connectivity index (χ1n) is 8.01. The molecule has 1 aromatic heterocycles. The summed E-state index contributed by atoms with van der Waals surface area (Å²) in [5.74, 6) is 0.238. The molecule has 0 spiro atoms. The molecular formula is C20H19NO2. The first-order chi connectivity index (χ1) is 11.2. The number of rotatable bonds is 3. The van der Waals surface area contributed by atoms with Crippen molar-refractivity contribution in [1.29, 1.82) is 0 Å². The minimum atomic E-state index is -0.395. The SMILES string of the molecule is C=C1CC2COC(=O)C2(Cc2cccc(-c3ccncc3)c2)C1. The maximum atomic E-state index is 12.4. The van der Waals surface area contributed by atoms with Gasteiger partial charge in [-0.2, -0.15) is 0 Å². The van der Waals surface area contributed by atoms with Crippen LogP contribution < -0.4 is 0 Å². The van der Waals surface area contributed by atoms with Crippen LogP contribution in [0.1, 0.15) is 18.4 Å². The van der Waals surface area contributed by atoms with Gasteiger partial charge in [-0.3, -0.25) is 9.78 Å². The number of hydrogen-bond donors (Lipinski definition) is 0. The van der Waals surface area contributed by atoms with Crippen molar-refractivity contribution < 1.29 is 9.53 Å². The highest BCUT2D eigenvalue weighted by atomic mass is 16.5. The van der Waals surface area contributed by atoms with E-state index >= 15 is 0 Å². The average molecular weight is 305 g/mol. The van der Waals surface area contributed by atoms with E-state index in [0.717, 1.165) is 30.4 Å². The minimum Gasteiger partial charge on any atom is -0.465 e. The Morgan fingerprint density at radius 1 is 1.22 bits per heavy atom. The lowest BCUT2D eigenvalue weighted by molar-refractivity contribution is -0.146. The highest BCUT2D eigenvalue weighted by Crippen LogP contribution is 2.52. The fourth-order valence-electron chi connectivity index (χ4n) is 4.03. The fraction of sp³-hybridized carbons (Fsp3) is 0.300. The van der Waals surface area contributed by atoms with Crippen LogP contribution in [-0.4, -0.2) is 17.6 Å². The van der Waals surface area contributed by atoms with Crippen LogP contribution in [-0.2, 0) is 16.0 Å². The van der Waals surface area contributed by atoms with Crippen LogP contribution in [0.2, 0.25) is 0 Å². The van der Waals surface area contributed by atoms with Crippen LogP contribution >= 0.6 is 0 Å². The molecule has 1 saturated heterocycles. The second-order valence-corrected chi connectivity index (χ2v) is 6.70. The van der Waals surface area contributed by atoms with Gasteiger partial charge in [0, 0.05) is 18.3 Å². The molecule has 2 fully saturated rings. The first kappa shape index (κ1) is 14.2. The summed E-state index contributed by atoms with van der Waals surface area (Å²) >= 11 is 0. The summed E-state index contributed by atoms with van der Waals surface area (Å²) in [5, 5.41) is 0. The molecule has 116 valence electrons. The van der Waals surface area contributed by atoms with E-state index in [9.17, 15) is 4.79 Å². The third-order valence-corrected chi connectivity index (χ3v) is 5.16. The number of esters is 1. The number of pyridine rings is 1. The van der Waals surface area contributed by atoms with Gasteiger partial charge in [0.05, 0.1) is 12.0 Å². The van der Waals surface area contributed by atoms with Crippen molar-refractivity contribution in [3.05, 3.63) is 66.5 Å². The van der Waals surface area contributed by atoms with E-state index < -0.39 is 5.41 Å². The van der Waals surface area contributed by atoms with Gasteiger partial charge in [-0.25, -0.2) is 0 Å². The van der Waals surface area contributed by atoms with E-state index in [2.05, 4.69) is 35.8 Å². The zero-order valence-corrected chi connectivity index (χ0v) is 13.0. The molecule has 23 heavy (non-hydrogen) atoms. The summed E-state index contributed by atoms with van der Waals surface area (Å²) in [6.45, 7) is 4.65. The quantitative estimate of drug-likeness (QED) is 0.639. The smallest absolute Gasteiger partial charge is 0.313 e. The molecule has 1 aromatic carbocycles. The van der Waals surface area contributed by atoms with Gasteiger partial charge in [0.1, 0.15) is 0 Å². The van der Waals surface area contributed by atoms with Gasteiger partial charge in [0.2, 0.25) is 0 Å². The summed E-state index contributed by atoms with van der Waals surface area (Å²) < 4.78 is 5.37. The number of carbonyl (C=O) groups excluding carboxylic acids is 1. The Hall–Kier alpha value is -2.42. The predicted molar refractivity (Wildman–Crippen MR) is 88.6 cm³/mol. The van der Waals surface area contributed by atoms with Crippen molar-refractivity contribution in [2.24, 2.45) is 11.3 Å². The molecule has 4 rings (SSSR count). The van der Waals surface area contributed by atoms with E-state index in [1.54, 1.807) is 12.4 Å². The van der Waals surface area contributed by atoms with Crippen LogP contribution in [0, 0.1) is 11.3 Å². The number of aromatic nitrogens is 1. The van der Waals surface area contributed by atoms with Crippen LogP contribution in [0.15, 0.2) is 60.9 Å². The van der Waals surface area contributed by atoms with Crippen molar-refractivity contribution in [3.8, 4) is 11.1 Å². The van der Waals surface area contributed by atoms with E-state index in [-0.39, 0.29) is 11.9 Å². The number of carbonyl (C=O) groups is 1. The molecule has 2 heterocycles. The number of benzene rings is 1. The van der Waals surface area contributed by atoms with Gasteiger partial charge < -0.3 is 4.74 Å². The topological polar surface area (TPSA) is 39.2 Å². The van der Waals surface area contributed by atoms with E-state index in [0.29, 0.717) is 6.61 Å². The Bertz CT molecular complexity index is 768. The van der Waals surface area contributed by atoms with Gasteiger partial charge in [-0.05, 0) is 48.1 Å². The van der Waals surface area contributed by atoms with Crippen molar-refractivity contribution in [3.63, 3.8) is 0 Å². The molecule has 2 atom stereocenters. The molecule has 3 nitrogen and oxygen atoms in total. The van der Waals surface area contributed by atoms with Gasteiger partial charge in [-0.15, -0.1) is 0 Å². The molecule has 0 amide bonds. The number of allylic oxidation sites excluding steroid dienone is 1. The zero-order chi connectivity index (χ0) is 15.9. The lowest BCUT2D eigenvalue weighted by Crippen LogP contribution is -2.31. The standard InChI is InChI=1S/C20H19NO2/c1-14-9-18-13-23-19(22)20(18,11-14)12-15-3-2-4-17(10-15)16-5-7-21-8-6-16/h2-8,10,18H,1,9,11-13H2. The average Bonchev–Trinajstić information content (AvgIpc) is 3.03. The second-order valence-electron chi connectivity index (χ2n) is 6.70. The summed E-state index contributed by atoms with van der Waals surface area (Å²) in [6.07, 6.45) is 6.00. The molecule has 2 aromatic rings. The highest BCUT2D eigenvalue weighted by molar-refractivity contribution is 5.81. The third-order valence-electron chi connectivity index (χ3n) is 5.16. The maximum absolute atomic E-state index is 12.4. The van der Waals surface area contributed by atoms with Gasteiger partial charge in [0.25, 0.3) is 0 Å². The largest absolute Gasteiger partial charge is 0.465 e. The van der Waals surface area contributed by atoms with Gasteiger partial charge >= 0.3 is 5.97 Å². The van der Waals surface area contributed by atoms with Gasteiger partial charge in [0.15, 0.2) is 0 Å². The van der Waals surface area contributed by atoms with Crippen molar-refractivity contribution in [2.75, 3.05) is 6.61 Å². The minimum absolute atomic E-state index is 0.0459. The molecule has 0 radical (unpaired) electrons. The second kappa shape index (κ2) is 5.34. The molecular weight excluding hydrogens is 286 g/mol. The zero-order valence-electron chi connectivity index (χ0n) is 13.0. The molecule has 1 aliphatic carbocycles. The lowest BCUT2D eigenvalue weighted by Gasteiger charge is -2.24. The van der Waals surface area contributed by atoms with Crippen LogP contribution in [0.25, 0.3) is 11.1 Å². The molecule has 0 N–H and O–H groups in total. The number of hydrogen-bond acceptors (Lipinski definition) is 3. The molecule has 1 aliphatic heterocycles. The summed E-state index contributed by atoms with van der Waals surface area (Å²) in [6, 6.07) is 12.4. The third kappa shape index (κ3) is 2.37. The number of ether oxygens (including phenoxy) is 1.